The number of benzene rings is 5. The molecule has 0 fully saturated rings. The van der Waals surface area contributed by atoms with Gasteiger partial charge in [-0.2, -0.15) is 0 Å². The van der Waals surface area contributed by atoms with Crippen LogP contribution in [0.15, 0.2) is 93.8 Å². The molecule has 0 N–H and O–H groups in total. The maximum absolute atomic E-state index is 7.15. The second kappa shape index (κ2) is 9.62. The minimum atomic E-state index is -0.0153. The zero-order valence-corrected chi connectivity index (χ0v) is 29.6. The van der Waals surface area contributed by atoms with Crippen molar-refractivity contribution < 1.29 is 8.83 Å². The molecule has 5 aromatic carbocycles. The van der Waals surface area contributed by atoms with Gasteiger partial charge in [0.1, 0.15) is 16.7 Å². The standard InChI is InChI=1S/C44H41BN2O2/c1-23(2)27-19-32-25(4)26(5)46-35-17-24(3)18-36-40(35)45(34(20-27)41(32)46)43-42(33-21-28(44(6,7)8)13-16-38(33)49-43)47(36)29-14-15-31-30-11-9-10-12-37(30)48-39(31)22-29/h9-23,25-26H,1-8H3. The van der Waals surface area contributed by atoms with Gasteiger partial charge in [-0.1, -0.05) is 77.9 Å². The fraction of sp³-hybridized carbons (Fsp3) is 0.273. The fourth-order valence-corrected chi connectivity index (χ4v) is 9.02. The van der Waals surface area contributed by atoms with E-state index in [1.54, 1.807) is 0 Å². The van der Waals surface area contributed by atoms with E-state index in [9.17, 15) is 0 Å². The van der Waals surface area contributed by atoms with Gasteiger partial charge in [-0.05, 0) is 101 Å². The zero-order valence-electron chi connectivity index (χ0n) is 29.6. The van der Waals surface area contributed by atoms with Gasteiger partial charge in [0.2, 0.25) is 0 Å². The zero-order chi connectivity index (χ0) is 33.7. The minimum absolute atomic E-state index is 0.00325. The Morgan fingerprint density at radius 2 is 1.49 bits per heavy atom. The van der Waals surface area contributed by atoms with Gasteiger partial charge in [0.25, 0.3) is 6.71 Å². The number of furan rings is 2. The smallest absolute Gasteiger partial charge is 0.297 e. The summed E-state index contributed by atoms with van der Waals surface area (Å²) in [5, 5.41) is 3.43. The fourth-order valence-electron chi connectivity index (χ4n) is 9.02. The van der Waals surface area contributed by atoms with Crippen molar-refractivity contribution in [3.05, 3.63) is 107 Å². The van der Waals surface area contributed by atoms with Gasteiger partial charge < -0.3 is 18.6 Å². The third-order valence-electron chi connectivity index (χ3n) is 11.8. The largest absolute Gasteiger partial charge is 0.468 e. The molecule has 5 heterocycles. The molecule has 5 heteroatoms. The van der Waals surface area contributed by atoms with Crippen molar-refractivity contribution in [3.8, 4) is 0 Å². The normalized spacial score (nSPS) is 17.9. The van der Waals surface area contributed by atoms with E-state index in [1.165, 1.54) is 50.2 Å². The first-order valence-corrected chi connectivity index (χ1v) is 17.9. The predicted octanol–water partition coefficient (Wildman–Crippen LogP) is 10.3. The Morgan fingerprint density at radius 3 is 2.29 bits per heavy atom. The number of hydrogen-bond donors (Lipinski definition) is 0. The third-order valence-corrected chi connectivity index (χ3v) is 11.8. The predicted molar refractivity (Wildman–Crippen MR) is 207 cm³/mol. The Hall–Kier alpha value is -4.90. The molecule has 0 spiro atoms. The highest BCUT2D eigenvalue weighted by molar-refractivity contribution is 7.00. The van der Waals surface area contributed by atoms with Crippen LogP contribution in [-0.2, 0) is 5.41 Å². The molecule has 3 aliphatic rings. The molecule has 2 aromatic heterocycles. The molecular formula is C44H41BN2O2. The van der Waals surface area contributed by atoms with Crippen LogP contribution in [0, 0.1) is 6.92 Å². The highest BCUT2D eigenvalue weighted by atomic mass is 16.3. The number of rotatable bonds is 2. The van der Waals surface area contributed by atoms with Gasteiger partial charge in [0, 0.05) is 56.9 Å². The van der Waals surface area contributed by atoms with Gasteiger partial charge in [-0.25, -0.2) is 0 Å². The monoisotopic (exact) mass is 640 g/mol. The van der Waals surface area contributed by atoms with E-state index in [0.29, 0.717) is 17.9 Å². The molecule has 7 aromatic rings. The van der Waals surface area contributed by atoms with Gasteiger partial charge in [0.05, 0.1) is 11.3 Å². The van der Waals surface area contributed by atoms with Gasteiger partial charge in [0.15, 0.2) is 0 Å². The number of aryl methyl sites for hydroxylation is 1. The van der Waals surface area contributed by atoms with E-state index in [2.05, 4.69) is 144 Å². The molecule has 0 amide bonds. The second-order valence-electron chi connectivity index (χ2n) is 16.1. The summed E-state index contributed by atoms with van der Waals surface area (Å²) in [7, 11) is 0. The number of nitrogens with zero attached hydrogens (tertiary/aromatic N) is 2. The van der Waals surface area contributed by atoms with E-state index in [0.717, 1.165) is 49.9 Å². The van der Waals surface area contributed by atoms with Crippen LogP contribution in [0.2, 0.25) is 0 Å². The molecule has 10 rings (SSSR count). The summed E-state index contributed by atoms with van der Waals surface area (Å²) in [5.74, 6) is 0.844. The average Bonchev–Trinajstić information content (AvgIpc) is 3.71. The molecule has 0 aliphatic carbocycles. The summed E-state index contributed by atoms with van der Waals surface area (Å²) in [6.45, 7) is 18.5. The van der Waals surface area contributed by atoms with Crippen molar-refractivity contribution in [2.24, 2.45) is 0 Å². The maximum atomic E-state index is 7.15. The Kier molecular flexibility index (Phi) is 5.71. The highest BCUT2D eigenvalue weighted by Crippen LogP contribution is 2.51. The van der Waals surface area contributed by atoms with Gasteiger partial charge in [-0.15, -0.1) is 0 Å². The lowest BCUT2D eigenvalue weighted by molar-refractivity contribution is 0.590. The maximum Gasteiger partial charge on any atom is 0.297 e. The van der Waals surface area contributed by atoms with Crippen LogP contribution < -0.4 is 26.4 Å². The summed E-state index contributed by atoms with van der Waals surface area (Å²) in [4.78, 5) is 5.12. The topological polar surface area (TPSA) is 32.8 Å². The van der Waals surface area contributed by atoms with Gasteiger partial charge in [-0.3, -0.25) is 0 Å². The van der Waals surface area contributed by atoms with E-state index in [4.69, 9.17) is 8.83 Å². The lowest BCUT2D eigenvalue weighted by Gasteiger charge is -2.42. The molecule has 0 saturated heterocycles. The SMILES string of the molecule is Cc1cc2c3c(c1)N1c4c(cc(C(C)C)cc4C(C)C1C)B3c1oc3ccc(C(C)(C)C)cc3c1N2c1ccc2c(c1)oc1ccccc12. The number of fused-ring (bicyclic) bond motifs is 9. The van der Waals surface area contributed by atoms with Crippen LogP contribution in [0.3, 0.4) is 0 Å². The van der Waals surface area contributed by atoms with E-state index in [1.807, 2.05) is 6.07 Å². The molecule has 3 aliphatic heterocycles. The molecule has 4 nitrogen and oxygen atoms in total. The summed E-state index contributed by atoms with van der Waals surface area (Å²) in [6, 6.07) is 32.0. The average molecular weight is 641 g/mol. The van der Waals surface area contributed by atoms with Gasteiger partial charge >= 0.3 is 0 Å². The minimum Gasteiger partial charge on any atom is -0.468 e. The first-order valence-electron chi connectivity index (χ1n) is 17.9. The first-order chi connectivity index (χ1) is 23.5. The first kappa shape index (κ1) is 29.1. The molecule has 0 saturated carbocycles. The number of hydrogen-bond acceptors (Lipinski definition) is 4. The van der Waals surface area contributed by atoms with Crippen molar-refractivity contribution in [3.63, 3.8) is 0 Å². The lowest BCUT2D eigenvalue weighted by atomic mass is 9.35. The summed E-state index contributed by atoms with van der Waals surface area (Å²) >= 11 is 0. The molecule has 0 radical (unpaired) electrons. The Balaban J connectivity index is 1.33. The summed E-state index contributed by atoms with van der Waals surface area (Å²) < 4.78 is 13.6. The molecule has 2 unspecified atom stereocenters. The Labute approximate surface area is 288 Å². The van der Waals surface area contributed by atoms with Crippen LogP contribution in [-0.4, -0.2) is 12.8 Å². The highest BCUT2D eigenvalue weighted by Gasteiger charge is 2.50. The Bertz CT molecular complexity index is 2550. The Morgan fingerprint density at radius 1 is 0.735 bits per heavy atom. The third kappa shape index (κ3) is 3.82. The van der Waals surface area contributed by atoms with Crippen molar-refractivity contribution in [2.45, 2.75) is 78.7 Å². The summed E-state index contributed by atoms with van der Waals surface area (Å²) in [6.07, 6.45) is 0. The van der Waals surface area contributed by atoms with Crippen LogP contribution in [0.5, 0.6) is 0 Å². The van der Waals surface area contributed by atoms with Crippen LogP contribution in [0.1, 0.15) is 82.6 Å². The second-order valence-corrected chi connectivity index (χ2v) is 16.1. The van der Waals surface area contributed by atoms with E-state index >= 15 is 0 Å². The van der Waals surface area contributed by atoms with Crippen molar-refractivity contribution in [2.75, 3.05) is 9.80 Å². The van der Waals surface area contributed by atoms with Crippen molar-refractivity contribution in [1.82, 2.24) is 0 Å². The number of para-hydroxylation sites is 1. The summed E-state index contributed by atoms with van der Waals surface area (Å²) in [5.41, 5.74) is 18.0. The molecular weight excluding hydrogens is 599 g/mol. The lowest BCUT2D eigenvalue weighted by Crippen LogP contribution is -2.61. The molecule has 0 bridgehead atoms. The molecule has 49 heavy (non-hydrogen) atoms. The van der Waals surface area contributed by atoms with E-state index in [-0.39, 0.29) is 12.1 Å². The number of anilines is 5. The molecule has 2 atom stereocenters. The van der Waals surface area contributed by atoms with Crippen molar-refractivity contribution in [1.29, 1.82) is 0 Å². The quantitative estimate of drug-likeness (QED) is 0.176. The van der Waals surface area contributed by atoms with Crippen LogP contribution in [0.4, 0.5) is 28.4 Å². The van der Waals surface area contributed by atoms with Crippen molar-refractivity contribution >= 4 is 84.6 Å². The van der Waals surface area contributed by atoms with Crippen LogP contribution >= 0.6 is 0 Å². The van der Waals surface area contributed by atoms with E-state index < -0.39 is 0 Å². The molecule has 242 valence electrons. The van der Waals surface area contributed by atoms with Crippen LogP contribution in [0.25, 0.3) is 32.9 Å².